The van der Waals surface area contributed by atoms with Gasteiger partial charge in [0.15, 0.2) is 0 Å². The van der Waals surface area contributed by atoms with Crippen LogP contribution in [0.5, 0.6) is 0 Å². The quantitative estimate of drug-likeness (QED) is 0.614. The van der Waals surface area contributed by atoms with Gasteiger partial charge in [-0.15, -0.1) is 0 Å². The minimum atomic E-state index is -0.215. The average Bonchev–Trinajstić information content (AvgIpc) is 3.57. The van der Waals surface area contributed by atoms with Gasteiger partial charge in [0.1, 0.15) is 0 Å². The van der Waals surface area contributed by atoms with E-state index >= 15 is 0 Å². The van der Waals surface area contributed by atoms with Crippen molar-refractivity contribution in [1.82, 2.24) is 0 Å². The minimum absolute atomic E-state index is 0.0218. The molecule has 0 amide bonds. The molecule has 6 heteroatoms. The van der Waals surface area contributed by atoms with Crippen LogP contribution in [0.1, 0.15) is 62.2 Å². The molecule has 6 aliphatic rings. The summed E-state index contributed by atoms with van der Waals surface area (Å²) in [5.41, 5.74) is 4.94. The minimum Gasteiger partial charge on any atom is -0.404 e. The summed E-state index contributed by atoms with van der Waals surface area (Å²) in [6.07, 6.45) is 16.9. The highest BCUT2D eigenvalue weighted by Gasteiger charge is 2.60. The van der Waals surface area contributed by atoms with Crippen LogP contribution in [-0.2, 0) is 29.4 Å². The van der Waals surface area contributed by atoms with E-state index in [4.69, 9.17) is 18.6 Å². The van der Waals surface area contributed by atoms with E-state index < -0.39 is 0 Å². The van der Waals surface area contributed by atoms with Gasteiger partial charge in [-0.2, -0.15) is 0 Å². The summed E-state index contributed by atoms with van der Waals surface area (Å²) < 4.78 is 26.1. The lowest BCUT2D eigenvalue weighted by atomic mass is 9.72. The molecule has 32 heavy (non-hydrogen) atoms. The van der Waals surface area contributed by atoms with Gasteiger partial charge < -0.3 is 18.6 Å². The number of hydrogen-bond donors (Lipinski definition) is 0. The first-order chi connectivity index (χ1) is 15.4. The second-order valence-corrected chi connectivity index (χ2v) is 11.1. The van der Waals surface area contributed by atoms with Crippen molar-refractivity contribution in [3.05, 3.63) is 83.0 Å². The van der Waals surface area contributed by atoms with Crippen molar-refractivity contribution in [3.63, 3.8) is 0 Å². The van der Waals surface area contributed by atoms with Gasteiger partial charge in [0.25, 0.3) is 0 Å². The summed E-state index contributed by atoms with van der Waals surface area (Å²) in [5, 5.41) is 0. The van der Waals surface area contributed by atoms with Crippen LogP contribution in [-0.4, -0.2) is 26.4 Å². The molecule has 0 N–H and O–H groups in total. The standard InChI is InChI=1S/C26H28B2O4/c1-25(2)19-13-18-20(14-17(19)21-23(25)31-27(29-21)15-9-5-6-10-15)26(3,4)24-22(18)30-28(32-24)16-11-7-8-12-16/h5-16,21-24H,1-4H3/t21-,22-,23-,24-/m0/s1. The molecule has 2 heterocycles. The largest absolute Gasteiger partial charge is 0.469 e. The molecule has 0 spiro atoms. The third-order valence-electron chi connectivity index (χ3n) is 8.50. The topological polar surface area (TPSA) is 36.9 Å². The Kier molecular flexibility index (Phi) is 3.91. The molecule has 0 radical (unpaired) electrons. The van der Waals surface area contributed by atoms with Crippen molar-refractivity contribution in [2.24, 2.45) is 0 Å². The number of fused-ring (bicyclic) bond motifs is 6. The summed E-state index contributed by atoms with van der Waals surface area (Å²) in [5.74, 6) is 0.394. The molecule has 1 aromatic rings. The van der Waals surface area contributed by atoms with Crippen molar-refractivity contribution >= 4 is 14.2 Å². The highest BCUT2D eigenvalue weighted by Crippen LogP contribution is 2.59. The molecule has 2 fully saturated rings. The highest BCUT2D eigenvalue weighted by atomic mass is 16.7. The lowest BCUT2D eigenvalue weighted by Crippen LogP contribution is -2.33. The molecule has 0 bridgehead atoms. The van der Waals surface area contributed by atoms with E-state index in [0.717, 1.165) is 0 Å². The lowest BCUT2D eigenvalue weighted by molar-refractivity contribution is 0.113. The Hall–Kier alpha value is -1.85. The van der Waals surface area contributed by atoms with Crippen LogP contribution < -0.4 is 0 Å². The Morgan fingerprint density at radius 3 is 1.34 bits per heavy atom. The summed E-state index contributed by atoms with van der Waals surface area (Å²) in [6.45, 7) is 9.15. The van der Waals surface area contributed by atoms with Crippen LogP contribution in [0, 0.1) is 0 Å². The van der Waals surface area contributed by atoms with Crippen molar-refractivity contribution < 1.29 is 18.6 Å². The summed E-state index contributed by atoms with van der Waals surface area (Å²) in [7, 11) is -0.430. The maximum absolute atomic E-state index is 6.54. The van der Waals surface area contributed by atoms with Crippen molar-refractivity contribution in [2.45, 2.75) is 74.6 Å². The number of allylic oxidation sites excluding steroid dienone is 8. The van der Waals surface area contributed by atoms with E-state index in [1.807, 2.05) is 0 Å². The fourth-order valence-electron chi connectivity index (χ4n) is 6.65. The molecular weight excluding hydrogens is 398 g/mol. The normalized spacial score (nSPS) is 35.2. The molecule has 4 nitrogen and oxygen atoms in total. The van der Waals surface area contributed by atoms with Crippen LogP contribution >= 0.6 is 0 Å². The van der Waals surface area contributed by atoms with Gasteiger partial charge in [-0.1, -0.05) is 88.4 Å². The molecule has 162 valence electrons. The van der Waals surface area contributed by atoms with Crippen LogP contribution in [0.2, 0.25) is 11.6 Å². The zero-order valence-electron chi connectivity index (χ0n) is 19.0. The smallest absolute Gasteiger partial charge is 0.404 e. The predicted molar refractivity (Wildman–Crippen MR) is 125 cm³/mol. The van der Waals surface area contributed by atoms with E-state index in [0.29, 0.717) is 0 Å². The van der Waals surface area contributed by atoms with Crippen LogP contribution in [0.25, 0.3) is 0 Å². The Morgan fingerprint density at radius 2 is 0.969 bits per heavy atom. The first-order valence-corrected chi connectivity index (χ1v) is 11.9. The summed E-state index contributed by atoms with van der Waals surface area (Å²) >= 11 is 0. The van der Waals surface area contributed by atoms with Gasteiger partial charge >= 0.3 is 14.2 Å². The van der Waals surface area contributed by atoms with E-state index in [9.17, 15) is 0 Å². The Balaban J connectivity index is 1.26. The zero-order valence-corrected chi connectivity index (χ0v) is 19.0. The summed E-state index contributed by atoms with van der Waals surface area (Å²) in [6, 6.07) is 4.75. The highest BCUT2D eigenvalue weighted by molar-refractivity contribution is 6.49. The number of benzene rings is 1. The van der Waals surface area contributed by atoms with Crippen LogP contribution in [0.4, 0.5) is 0 Å². The first kappa shape index (κ1) is 19.6. The third-order valence-corrected chi connectivity index (χ3v) is 8.50. The SMILES string of the molecule is CC1(C)c2cc3c(cc2[C@@H]2OB(C4C=CC=C4)O[C@@H]21)C(C)(C)[C@H]1OB(C2C=CC=C2)O[C@@H]31. The molecule has 1 aromatic carbocycles. The molecule has 0 unspecified atom stereocenters. The second kappa shape index (κ2) is 6.38. The number of hydrogen-bond acceptors (Lipinski definition) is 4. The fraction of sp³-hybridized carbons (Fsp3) is 0.462. The lowest BCUT2D eigenvalue weighted by Gasteiger charge is -2.28. The molecule has 2 aliphatic heterocycles. The average molecular weight is 426 g/mol. The van der Waals surface area contributed by atoms with Gasteiger partial charge in [-0.3, -0.25) is 0 Å². The third kappa shape index (κ3) is 2.44. The van der Waals surface area contributed by atoms with Gasteiger partial charge in [0, 0.05) is 22.5 Å². The second-order valence-electron chi connectivity index (χ2n) is 11.1. The molecule has 4 aliphatic carbocycles. The van der Waals surface area contributed by atoms with E-state index in [1.54, 1.807) is 0 Å². The van der Waals surface area contributed by atoms with Crippen LogP contribution in [0.3, 0.4) is 0 Å². The van der Waals surface area contributed by atoms with E-state index in [2.05, 4.69) is 88.4 Å². The predicted octanol–water partition coefficient (Wildman–Crippen LogP) is 5.15. The Morgan fingerprint density at radius 1 is 0.594 bits per heavy atom. The molecule has 4 atom stereocenters. The monoisotopic (exact) mass is 426 g/mol. The number of rotatable bonds is 2. The van der Waals surface area contributed by atoms with Gasteiger partial charge in [0.05, 0.1) is 24.4 Å². The van der Waals surface area contributed by atoms with Gasteiger partial charge in [-0.05, 0) is 22.3 Å². The Labute approximate surface area is 190 Å². The molecular formula is C26H28B2O4. The van der Waals surface area contributed by atoms with Gasteiger partial charge in [-0.25, -0.2) is 0 Å². The van der Waals surface area contributed by atoms with Crippen molar-refractivity contribution in [1.29, 1.82) is 0 Å². The molecule has 0 saturated carbocycles. The van der Waals surface area contributed by atoms with Crippen molar-refractivity contribution in [3.8, 4) is 0 Å². The molecule has 7 rings (SSSR count). The summed E-state index contributed by atoms with van der Waals surface area (Å²) in [4.78, 5) is 0. The van der Waals surface area contributed by atoms with Gasteiger partial charge in [0.2, 0.25) is 0 Å². The molecule has 2 saturated heterocycles. The Bertz CT molecular complexity index is 1010. The first-order valence-electron chi connectivity index (χ1n) is 11.9. The fourth-order valence-corrected chi connectivity index (χ4v) is 6.65. The van der Waals surface area contributed by atoms with Crippen LogP contribution in [0.15, 0.2) is 60.7 Å². The van der Waals surface area contributed by atoms with E-state index in [-0.39, 0.29) is 61.1 Å². The molecule has 0 aromatic heterocycles. The zero-order chi connectivity index (χ0) is 21.8. The maximum Gasteiger partial charge on any atom is 0.469 e. The maximum atomic E-state index is 6.54. The van der Waals surface area contributed by atoms with E-state index in [1.165, 1.54) is 22.3 Å². The van der Waals surface area contributed by atoms with Crippen molar-refractivity contribution in [2.75, 3.05) is 0 Å².